The van der Waals surface area contributed by atoms with E-state index in [1.54, 1.807) is 0 Å². The van der Waals surface area contributed by atoms with Crippen LogP contribution in [0.3, 0.4) is 0 Å². The number of rotatable bonds is 4. The first kappa shape index (κ1) is 13.2. The zero-order chi connectivity index (χ0) is 12.0. The lowest BCUT2D eigenvalue weighted by atomic mass is 9.99. The zero-order valence-electron chi connectivity index (χ0n) is 10.7. The van der Waals surface area contributed by atoms with Crippen molar-refractivity contribution in [3.63, 3.8) is 0 Å². The van der Waals surface area contributed by atoms with Crippen LogP contribution in [0.15, 0.2) is 11.6 Å². The summed E-state index contributed by atoms with van der Waals surface area (Å²) in [7, 11) is 1.44. The number of methoxy groups -OCH3 is 1. The number of piperidine rings is 1. The predicted octanol–water partition coefficient (Wildman–Crippen LogP) is 2.23. The zero-order valence-corrected chi connectivity index (χ0v) is 10.7. The van der Waals surface area contributed by atoms with Crippen LogP contribution in [0, 0.1) is 5.92 Å². The molecule has 16 heavy (non-hydrogen) atoms. The second-order valence-electron chi connectivity index (χ2n) is 4.56. The van der Waals surface area contributed by atoms with Gasteiger partial charge < -0.3 is 4.74 Å². The molecule has 1 aliphatic rings. The Morgan fingerprint density at radius 2 is 2.06 bits per heavy atom. The summed E-state index contributed by atoms with van der Waals surface area (Å²) in [6, 6.07) is 0. The van der Waals surface area contributed by atoms with E-state index in [4.69, 9.17) is 4.74 Å². The quantitative estimate of drug-likeness (QED) is 0.543. The molecule has 0 spiro atoms. The summed E-state index contributed by atoms with van der Waals surface area (Å²) in [5, 5.41) is 0. The fraction of sp³-hybridized carbons (Fsp3) is 0.769. The molecule has 1 aliphatic heterocycles. The van der Waals surface area contributed by atoms with Gasteiger partial charge in [-0.05, 0) is 38.3 Å². The van der Waals surface area contributed by atoms with Gasteiger partial charge in [0.1, 0.15) is 0 Å². The summed E-state index contributed by atoms with van der Waals surface area (Å²) in [5.74, 6) is 0.666. The van der Waals surface area contributed by atoms with E-state index >= 15 is 0 Å². The van der Waals surface area contributed by atoms with Crippen molar-refractivity contribution in [2.45, 2.75) is 33.1 Å². The molecule has 0 bridgehead atoms. The molecular formula is C13H23NO2. The summed E-state index contributed by atoms with van der Waals surface area (Å²) in [4.78, 5) is 13.8. The molecule has 0 aromatic heterocycles. The van der Waals surface area contributed by atoms with Gasteiger partial charge in [-0.25, -0.2) is 4.79 Å². The molecule has 3 nitrogen and oxygen atoms in total. The maximum absolute atomic E-state index is 11.4. The lowest BCUT2D eigenvalue weighted by Gasteiger charge is -2.29. The van der Waals surface area contributed by atoms with Crippen LogP contribution in [0.25, 0.3) is 0 Å². The van der Waals surface area contributed by atoms with Crippen molar-refractivity contribution in [1.29, 1.82) is 0 Å². The SMILES string of the molecule is CCC(=CCN1CCC(C)CC1)C(=O)OC. The largest absolute Gasteiger partial charge is 0.466 e. The van der Waals surface area contributed by atoms with Crippen LogP contribution in [0.2, 0.25) is 0 Å². The highest BCUT2D eigenvalue weighted by Gasteiger charge is 2.15. The first-order valence-electron chi connectivity index (χ1n) is 6.17. The van der Waals surface area contributed by atoms with E-state index in [0.717, 1.165) is 37.5 Å². The highest BCUT2D eigenvalue weighted by Crippen LogP contribution is 2.16. The molecule has 0 N–H and O–H groups in total. The summed E-state index contributed by atoms with van der Waals surface area (Å²) in [6.07, 6.45) is 5.31. The van der Waals surface area contributed by atoms with Crippen molar-refractivity contribution in [1.82, 2.24) is 4.90 Å². The Bertz CT molecular complexity index is 253. The molecule has 0 radical (unpaired) electrons. The summed E-state index contributed by atoms with van der Waals surface area (Å²) in [6.45, 7) is 7.47. The molecule has 0 atom stereocenters. The molecule has 92 valence electrons. The second kappa shape index (κ2) is 6.69. The van der Waals surface area contributed by atoms with E-state index in [9.17, 15) is 4.79 Å². The lowest BCUT2D eigenvalue weighted by Crippen LogP contribution is -2.33. The number of likely N-dealkylation sites (tertiary alicyclic amines) is 1. The molecule has 0 amide bonds. The van der Waals surface area contributed by atoms with Crippen LogP contribution < -0.4 is 0 Å². The van der Waals surface area contributed by atoms with Crippen LogP contribution in [0.1, 0.15) is 33.1 Å². The average molecular weight is 225 g/mol. The van der Waals surface area contributed by atoms with Gasteiger partial charge in [0.05, 0.1) is 7.11 Å². The van der Waals surface area contributed by atoms with E-state index in [1.807, 2.05) is 13.0 Å². The molecule has 1 heterocycles. The van der Waals surface area contributed by atoms with Crippen molar-refractivity contribution in [2.75, 3.05) is 26.7 Å². The van der Waals surface area contributed by atoms with Crippen molar-refractivity contribution in [3.05, 3.63) is 11.6 Å². The molecular weight excluding hydrogens is 202 g/mol. The maximum Gasteiger partial charge on any atom is 0.333 e. The van der Waals surface area contributed by atoms with Crippen LogP contribution in [-0.4, -0.2) is 37.6 Å². The monoisotopic (exact) mass is 225 g/mol. The summed E-state index contributed by atoms with van der Waals surface area (Å²) in [5.41, 5.74) is 0.793. The van der Waals surface area contributed by atoms with Crippen molar-refractivity contribution >= 4 is 5.97 Å². The Kier molecular flexibility index (Phi) is 5.53. The van der Waals surface area contributed by atoms with Gasteiger partial charge in [-0.15, -0.1) is 0 Å². The summed E-state index contributed by atoms with van der Waals surface area (Å²) >= 11 is 0. The topological polar surface area (TPSA) is 29.5 Å². The molecule has 0 aromatic rings. The van der Waals surface area contributed by atoms with Crippen LogP contribution >= 0.6 is 0 Å². The maximum atomic E-state index is 11.4. The van der Waals surface area contributed by atoms with E-state index < -0.39 is 0 Å². The lowest BCUT2D eigenvalue weighted by molar-refractivity contribution is -0.136. The van der Waals surface area contributed by atoms with Gasteiger partial charge in [-0.2, -0.15) is 0 Å². The highest BCUT2D eigenvalue weighted by atomic mass is 16.5. The number of hydrogen-bond donors (Lipinski definition) is 0. The van der Waals surface area contributed by atoms with Crippen LogP contribution in [-0.2, 0) is 9.53 Å². The van der Waals surface area contributed by atoms with Gasteiger partial charge in [0.15, 0.2) is 0 Å². The van der Waals surface area contributed by atoms with Gasteiger partial charge >= 0.3 is 5.97 Å². The molecule has 0 aromatic carbocycles. The Balaban J connectivity index is 2.41. The molecule has 1 rings (SSSR count). The van der Waals surface area contributed by atoms with Crippen molar-refractivity contribution in [2.24, 2.45) is 5.92 Å². The molecule has 0 aliphatic carbocycles. The van der Waals surface area contributed by atoms with Gasteiger partial charge in [0.2, 0.25) is 0 Å². The third-order valence-corrected chi connectivity index (χ3v) is 3.30. The molecule has 0 unspecified atom stereocenters. The number of carbonyl (C=O) groups excluding carboxylic acids is 1. The van der Waals surface area contributed by atoms with Gasteiger partial charge in [-0.3, -0.25) is 4.90 Å². The van der Waals surface area contributed by atoms with E-state index in [0.29, 0.717) is 0 Å². The van der Waals surface area contributed by atoms with Gasteiger partial charge in [-0.1, -0.05) is 19.9 Å². The van der Waals surface area contributed by atoms with E-state index in [-0.39, 0.29) is 5.97 Å². The predicted molar refractivity (Wildman–Crippen MR) is 65.2 cm³/mol. The smallest absolute Gasteiger partial charge is 0.333 e. The van der Waals surface area contributed by atoms with Crippen LogP contribution in [0.4, 0.5) is 0 Å². The van der Waals surface area contributed by atoms with Crippen molar-refractivity contribution < 1.29 is 9.53 Å². The number of nitrogens with zero attached hydrogens (tertiary/aromatic N) is 1. The fourth-order valence-electron chi connectivity index (χ4n) is 1.99. The second-order valence-corrected chi connectivity index (χ2v) is 4.56. The molecule has 3 heteroatoms. The normalized spacial score (nSPS) is 19.8. The first-order valence-corrected chi connectivity index (χ1v) is 6.17. The average Bonchev–Trinajstić information content (AvgIpc) is 2.31. The third-order valence-electron chi connectivity index (χ3n) is 3.30. The summed E-state index contributed by atoms with van der Waals surface area (Å²) < 4.78 is 4.73. The standard InChI is InChI=1S/C13H23NO2/c1-4-12(13(15)16-3)7-10-14-8-5-11(2)6-9-14/h7,11H,4-6,8-10H2,1-3H3. The molecule has 1 fully saturated rings. The minimum Gasteiger partial charge on any atom is -0.466 e. The third kappa shape index (κ3) is 3.97. The highest BCUT2D eigenvalue weighted by molar-refractivity contribution is 5.88. The van der Waals surface area contributed by atoms with Crippen molar-refractivity contribution in [3.8, 4) is 0 Å². The Morgan fingerprint density at radius 1 is 1.44 bits per heavy atom. The number of esters is 1. The number of carbonyl (C=O) groups is 1. The van der Waals surface area contributed by atoms with Gasteiger partial charge in [0.25, 0.3) is 0 Å². The molecule has 1 saturated heterocycles. The Morgan fingerprint density at radius 3 is 2.56 bits per heavy atom. The first-order chi connectivity index (χ1) is 7.67. The van der Waals surface area contributed by atoms with E-state index in [2.05, 4.69) is 11.8 Å². The van der Waals surface area contributed by atoms with Gasteiger partial charge in [0, 0.05) is 12.1 Å². The minimum absolute atomic E-state index is 0.187. The Hall–Kier alpha value is -0.830. The van der Waals surface area contributed by atoms with E-state index in [1.165, 1.54) is 20.0 Å². The number of hydrogen-bond acceptors (Lipinski definition) is 3. The number of ether oxygens (including phenoxy) is 1. The van der Waals surface area contributed by atoms with Crippen LogP contribution in [0.5, 0.6) is 0 Å². The molecule has 0 saturated carbocycles. The fourth-order valence-corrected chi connectivity index (χ4v) is 1.99. The minimum atomic E-state index is -0.187. The Labute approximate surface area is 98.5 Å².